The van der Waals surface area contributed by atoms with Crippen LogP contribution in [0.5, 0.6) is 0 Å². The van der Waals surface area contributed by atoms with Crippen LogP contribution >= 0.6 is 12.6 Å². The van der Waals surface area contributed by atoms with E-state index in [9.17, 15) is 0 Å². The number of rotatable bonds is 7. The van der Waals surface area contributed by atoms with Crippen LogP contribution in [0, 0.1) is 0 Å². The lowest BCUT2D eigenvalue weighted by atomic mass is 9.79. The average molecular weight is 279 g/mol. The van der Waals surface area contributed by atoms with Gasteiger partial charge in [0.1, 0.15) is 0 Å². The monoisotopic (exact) mass is 278 g/mol. The molecule has 1 unspecified atom stereocenters. The maximum absolute atomic E-state index is 4.75. The van der Waals surface area contributed by atoms with E-state index in [1.54, 1.807) is 0 Å². The lowest BCUT2D eigenvalue weighted by Crippen LogP contribution is -2.18. The second kappa shape index (κ2) is 6.83. The van der Waals surface area contributed by atoms with Gasteiger partial charge in [0, 0.05) is 4.75 Å². The summed E-state index contributed by atoms with van der Waals surface area (Å²) in [4.78, 5) is 0. The van der Waals surface area contributed by atoms with Gasteiger partial charge in [0.2, 0.25) is 0 Å². The van der Waals surface area contributed by atoms with Gasteiger partial charge in [-0.2, -0.15) is 12.6 Å². The first-order valence-electron chi connectivity index (χ1n) is 7.67. The zero-order chi connectivity index (χ0) is 14.5. The Labute approximate surface area is 125 Å². The first kappa shape index (κ1) is 16.6. The van der Waals surface area contributed by atoms with Crippen LogP contribution < -0.4 is 0 Å². The van der Waals surface area contributed by atoms with Gasteiger partial charge in [-0.15, -0.1) is 0 Å². The van der Waals surface area contributed by atoms with Gasteiger partial charge in [-0.1, -0.05) is 71.2 Å². The number of benzene rings is 1. The summed E-state index contributed by atoms with van der Waals surface area (Å²) in [7, 11) is 0. The normalized spacial score (nSPS) is 15.3. The maximum atomic E-state index is 4.75. The van der Waals surface area contributed by atoms with Crippen molar-refractivity contribution in [2.24, 2.45) is 0 Å². The zero-order valence-electron chi connectivity index (χ0n) is 13.3. The largest absolute Gasteiger partial charge is 0.168 e. The minimum Gasteiger partial charge on any atom is -0.168 e. The van der Waals surface area contributed by atoms with Crippen molar-refractivity contribution in [3.05, 3.63) is 35.4 Å². The molecule has 0 radical (unpaired) electrons. The Balaban J connectivity index is 2.80. The van der Waals surface area contributed by atoms with E-state index in [1.165, 1.54) is 36.8 Å². The van der Waals surface area contributed by atoms with Crippen molar-refractivity contribution >= 4 is 12.6 Å². The fraction of sp³-hybridized carbons (Fsp3) is 0.667. The Hall–Kier alpha value is -0.430. The predicted octanol–water partition coefficient (Wildman–Crippen LogP) is 6.10. The van der Waals surface area contributed by atoms with E-state index in [1.807, 2.05) is 0 Å². The molecule has 0 nitrogen and oxygen atoms in total. The van der Waals surface area contributed by atoms with Gasteiger partial charge in [-0.05, 0) is 36.3 Å². The van der Waals surface area contributed by atoms with Gasteiger partial charge < -0.3 is 0 Å². The third-order valence-electron chi connectivity index (χ3n) is 4.38. The van der Waals surface area contributed by atoms with Crippen LogP contribution in [0.25, 0.3) is 0 Å². The molecule has 19 heavy (non-hydrogen) atoms. The van der Waals surface area contributed by atoms with Gasteiger partial charge in [-0.25, -0.2) is 0 Å². The number of unbranched alkanes of at least 4 members (excludes halogenated alkanes) is 2. The summed E-state index contributed by atoms with van der Waals surface area (Å²) in [5.74, 6) is 0. The van der Waals surface area contributed by atoms with E-state index in [4.69, 9.17) is 12.6 Å². The van der Waals surface area contributed by atoms with Crippen LogP contribution in [0.15, 0.2) is 24.3 Å². The third-order valence-corrected chi connectivity index (χ3v) is 4.96. The minimum atomic E-state index is -0.00904. The lowest BCUT2D eigenvalue weighted by molar-refractivity contribution is 0.450. The first-order valence-corrected chi connectivity index (χ1v) is 8.11. The fourth-order valence-electron chi connectivity index (χ4n) is 2.45. The maximum Gasteiger partial charge on any atom is 0.0347 e. The molecule has 1 aromatic carbocycles. The van der Waals surface area contributed by atoms with Crippen molar-refractivity contribution in [3.8, 4) is 0 Å². The predicted molar refractivity (Wildman–Crippen MR) is 90.2 cm³/mol. The molecule has 1 rings (SSSR count). The van der Waals surface area contributed by atoms with Gasteiger partial charge in [-0.3, -0.25) is 0 Å². The molecule has 0 bridgehead atoms. The number of thiol groups is 1. The van der Waals surface area contributed by atoms with Crippen LogP contribution in [0.1, 0.15) is 77.8 Å². The minimum absolute atomic E-state index is 0.00904. The second-order valence-corrected chi connectivity index (χ2v) is 7.53. The van der Waals surface area contributed by atoms with Crippen LogP contribution in [-0.4, -0.2) is 0 Å². The van der Waals surface area contributed by atoms with Crippen LogP contribution in [-0.2, 0) is 10.2 Å². The zero-order valence-corrected chi connectivity index (χ0v) is 14.2. The molecule has 0 aliphatic carbocycles. The molecular weight excluding hydrogens is 248 g/mol. The Kier molecular flexibility index (Phi) is 5.98. The molecule has 0 spiro atoms. The van der Waals surface area contributed by atoms with Crippen molar-refractivity contribution in [2.75, 3.05) is 0 Å². The van der Waals surface area contributed by atoms with E-state index in [0.717, 1.165) is 6.42 Å². The summed E-state index contributed by atoms with van der Waals surface area (Å²) in [6.07, 6.45) is 6.28. The average Bonchev–Trinajstić information content (AvgIpc) is 2.39. The molecular formula is C18H30S. The summed E-state index contributed by atoms with van der Waals surface area (Å²) in [5.41, 5.74) is 3.06. The van der Waals surface area contributed by atoms with E-state index in [-0.39, 0.29) is 10.2 Å². The molecule has 0 N–H and O–H groups in total. The highest BCUT2D eigenvalue weighted by Gasteiger charge is 2.22. The van der Waals surface area contributed by atoms with Crippen LogP contribution in [0.3, 0.4) is 0 Å². The standard InChI is InChI=1S/C18H30S/c1-6-8-9-14-17(3,4)15-10-12-16(13-11-15)18(5,19)7-2/h10-13,19H,6-9,14H2,1-5H3. The Bertz CT molecular complexity index is 373. The molecule has 108 valence electrons. The molecule has 0 aliphatic rings. The second-order valence-electron chi connectivity index (χ2n) is 6.55. The highest BCUT2D eigenvalue weighted by atomic mass is 32.1. The van der Waals surface area contributed by atoms with Gasteiger partial charge in [0.15, 0.2) is 0 Å². The molecule has 0 amide bonds. The lowest BCUT2D eigenvalue weighted by Gasteiger charge is -2.27. The van der Waals surface area contributed by atoms with E-state index in [2.05, 4.69) is 58.9 Å². The molecule has 0 saturated carbocycles. The topological polar surface area (TPSA) is 0 Å². The summed E-state index contributed by atoms with van der Waals surface area (Å²) in [5, 5.41) is 0. The molecule has 1 atom stereocenters. The van der Waals surface area contributed by atoms with E-state index >= 15 is 0 Å². The number of hydrogen-bond donors (Lipinski definition) is 1. The van der Waals surface area contributed by atoms with Crippen molar-refractivity contribution in [1.29, 1.82) is 0 Å². The first-order chi connectivity index (χ1) is 8.83. The molecule has 0 aromatic heterocycles. The third kappa shape index (κ3) is 4.56. The Morgan fingerprint density at radius 1 is 0.895 bits per heavy atom. The molecule has 0 fully saturated rings. The van der Waals surface area contributed by atoms with E-state index in [0.29, 0.717) is 0 Å². The Morgan fingerprint density at radius 2 is 1.42 bits per heavy atom. The summed E-state index contributed by atoms with van der Waals surface area (Å²) in [6, 6.07) is 9.11. The highest BCUT2D eigenvalue weighted by Crippen LogP contribution is 2.34. The van der Waals surface area contributed by atoms with Crippen molar-refractivity contribution in [3.63, 3.8) is 0 Å². The van der Waals surface area contributed by atoms with Crippen LogP contribution in [0.4, 0.5) is 0 Å². The smallest absolute Gasteiger partial charge is 0.0347 e. The van der Waals surface area contributed by atoms with Crippen molar-refractivity contribution < 1.29 is 0 Å². The quantitative estimate of drug-likeness (QED) is 0.452. The van der Waals surface area contributed by atoms with Gasteiger partial charge >= 0.3 is 0 Å². The molecule has 1 heteroatoms. The summed E-state index contributed by atoms with van der Waals surface area (Å²) in [6.45, 7) is 11.4. The van der Waals surface area contributed by atoms with Crippen molar-refractivity contribution in [1.82, 2.24) is 0 Å². The van der Waals surface area contributed by atoms with Gasteiger partial charge in [0.05, 0.1) is 0 Å². The SMILES string of the molecule is CCCCCC(C)(C)c1ccc(C(C)(S)CC)cc1. The van der Waals surface area contributed by atoms with Crippen LogP contribution in [0.2, 0.25) is 0 Å². The van der Waals surface area contributed by atoms with E-state index < -0.39 is 0 Å². The molecule has 0 saturated heterocycles. The molecule has 0 heterocycles. The highest BCUT2D eigenvalue weighted by molar-refractivity contribution is 7.81. The molecule has 1 aromatic rings. The molecule has 0 aliphatic heterocycles. The summed E-state index contributed by atoms with van der Waals surface area (Å²) >= 11 is 4.75. The fourth-order valence-corrected chi connectivity index (χ4v) is 2.59. The van der Waals surface area contributed by atoms with Gasteiger partial charge in [0.25, 0.3) is 0 Å². The number of hydrogen-bond acceptors (Lipinski definition) is 1. The summed E-state index contributed by atoms with van der Waals surface area (Å²) < 4.78 is -0.00904. The Morgan fingerprint density at radius 3 is 1.89 bits per heavy atom. The van der Waals surface area contributed by atoms with Crippen molar-refractivity contribution in [2.45, 2.75) is 76.9 Å².